The zero-order valence-electron chi connectivity index (χ0n) is 10.4. The van der Waals surface area contributed by atoms with E-state index in [1.54, 1.807) is 0 Å². The Bertz CT molecular complexity index is 318. The molecule has 1 amide bonds. The first kappa shape index (κ1) is 10.6. The lowest BCUT2D eigenvalue weighted by Crippen LogP contribution is -2.34. The predicted octanol–water partition coefficient (Wildman–Crippen LogP) is 1.24. The van der Waals surface area contributed by atoms with Crippen molar-refractivity contribution in [2.24, 2.45) is 16.7 Å². The molecule has 0 aromatic carbocycles. The van der Waals surface area contributed by atoms with Crippen LogP contribution in [0.5, 0.6) is 0 Å². The molecule has 1 saturated carbocycles. The number of rotatable bonds is 1. The summed E-state index contributed by atoms with van der Waals surface area (Å²) in [7, 11) is 0. The van der Waals surface area contributed by atoms with Gasteiger partial charge >= 0.3 is 0 Å². The molecule has 0 aromatic heterocycles. The number of hydrogen-bond acceptors (Lipinski definition) is 2. The zero-order chi connectivity index (χ0) is 11.4. The van der Waals surface area contributed by atoms with E-state index in [4.69, 9.17) is 0 Å². The lowest BCUT2D eigenvalue weighted by Gasteiger charge is -2.23. The topological polar surface area (TPSA) is 32.3 Å². The van der Waals surface area contributed by atoms with Gasteiger partial charge in [-0.05, 0) is 31.2 Å². The summed E-state index contributed by atoms with van der Waals surface area (Å²) in [6, 6.07) is 0. The Morgan fingerprint density at radius 3 is 2.69 bits per heavy atom. The van der Waals surface area contributed by atoms with E-state index in [2.05, 4.69) is 24.1 Å². The standard InChI is InChI=1S/C13H22N2O/c1-12(2)7-10(12)11(16)15-6-4-13(9-15)3-5-14-8-13/h10,14H,3-9H2,1-2H3. The van der Waals surface area contributed by atoms with Crippen LogP contribution in [0.25, 0.3) is 0 Å². The molecule has 3 nitrogen and oxygen atoms in total. The Morgan fingerprint density at radius 2 is 2.12 bits per heavy atom. The van der Waals surface area contributed by atoms with Crippen molar-refractivity contribution in [3.05, 3.63) is 0 Å². The third-order valence-electron chi connectivity index (χ3n) is 4.89. The number of likely N-dealkylation sites (tertiary alicyclic amines) is 1. The summed E-state index contributed by atoms with van der Waals surface area (Å²) < 4.78 is 0. The van der Waals surface area contributed by atoms with Crippen LogP contribution in [0.2, 0.25) is 0 Å². The van der Waals surface area contributed by atoms with Gasteiger partial charge in [-0.3, -0.25) is 4.79 Å². The second kappa shape index (κ2) is 3.22. The minimum atomic E-state index is 0.279. The van der Waals surface area contributed by atoms with Gasteiger partial charge in [0, 0.05) is 31.0 Å². The molecule has 2 unspecified atom stereocenters. The molecule has 90 valence electrons. The van der Waals surface area contributed by atoms with Crippen LogP contribution in [0.15, 0.2) is 0 Å². The molecule has 1 N–H and O–H groups in total. The Balaban J connectivity index is 1.63. The molecule has 3 heteroatoms. The highest BCUT2D eigenvalue weighted by molar-refractivity contribution is 5.82. The van der Waals surface area contributed by atoms with Crippen LogP contribution in [-0.2, 0) is 4.79 Å². The lowest BCUT2D eigenvalue weighted by molar-refractivity contribution is -0.132. The second-order valence-corrected chi connectivity index (χ2v) is 6.68. The number of carbonyl (C=O) groups excluding carboxylic acids is 1. The molecule has 16 heavy (non-hydrogen) atoms. The maximum absolute atomic E-state index is 12.3. The van der Waals surface area contributed by atoms with E-state index < -0.39 is 0 Å². The fraction of sp³-hybridized carbons (Fsp3) is 0.923. The summed E-state index contributed by atoms with van der Waals surface area (Å²) >= 11 is 0. The highest BCUT2D eigenvalue weighted by atomic mass is 16.2. The monoisotopic (exact) mass is 222 g/mol. The number of carbonyl (C=O) groups is 1. The molecule has 3 aliphatic rings. The van der Waals surface area contributed by atoms with Gasteiger partial charge in [0.05, 0.1) is 0 Å². The van der Waals surface area contributed by atoms with Gasteiger partial charge in [-0.25, -0.2) is 0 Å². The average molecular weight is 222 g/mol. The van der Waals surface area contributed by atoms with E-state index in [-0.39, 0.29) is 5.41 Å². The van der Waals surface area contributed by atoms with Gasteiger partial charge in [-0.1, -0.05) is 13.8 Å². The maximum Gasteiger partial charge on any atom is 0.226 e. The fourth-order valence-electron chi connectivity index (χ4n) is 3.38. The minimum Gasteiger partial charge on any atom is -0.342 e. The summed E-state index contributed by atoms with van der Waals surface area (Å²) in [5.74, 6) is 0.741. The van der Waals surface area contributed by atoms with Crippen molar-refractivity contribution in [3.8, 4) is 0 Å². The van der Waals surface area contributed by atoms with Crippen LogP contribution in [0.1, 0.15) is 33.1 Å². The first-order chi connectivity index (χ1) is 7.53. The van der Waals surface area contributed by atoms with Crippen LogP contribution in [0, 0.1) is 16.7 Å². The molecule has 2 saturated heterocycles. The highest BCUT2D eigenvalue weighted by Crippen LogP contribution is 2.53. The van der Waals surface area contributed by atoms with Crippen LogP contribution < -0.4 is 5.32 Å². The van der Waals surface area contributed by atoms with Crippen molar-refractivity contribution in [1.82, 2.24) is 10.2 Å². The van der Waals surface area contributed by atoms with Crippen molar-refractivity contribution in [1.29, 1.82) is 0 Å². The molecule has 0 aromatic rings. The molecule has 3 rings (SSSR count). The molecule has 0 bridgehead atoms. The SMILES string of the molecule is CC1(C)CC1C(=O)N1CCC2(CCNC2)C1. The smallest absolute Gasteiger partial charge is 0.226 e. The average Bonchev–Trinajstić information content (AvgIpc) is 2.71. The Morgan fingerprint density at radius 1 is 1.38 bits per heavy atom. The molecule has 2 aliphatic heterocycles. The van der Waals surface area contributed by atoms with Crippen molar-refractivity contribution in [2.45, 2.75) is 33.1 Å². The van der Waals surface area contributed by atoms with Crippen LogP contribution in [0.4, 0.5) is 0 Å². The number of nitrogens with zero attached hydrogens (tertiary/aromatic N) is 1. The van der Waals surface area contributed by atoms with Gasteiger partial charge in [0.2, 0.25) is 5.91 Å². The van der Waals surface area contributed by atoms with Crippen LogP contribution in [-0.4, -0.2) is 37.0 Å². The summed E-state index contributed by atoms with van der Waals surface area (Å²) in [4.78, 5) is 14.4. The van der Waals surface area contributed by atoms with Crippen LogP contribution in [0.3, 0.4) is 0 Å². The Kier molecular flexibility index (Phi) is 2.13. The molecule has 2 heterocycles. The first-order valence-electron chi connectivity index (χ1n) is 6.52. The lowest BCUT2D eigenvalue weighted by atomic mass is 9.86. The molecule has 1 spiro atoms. The molecule has 1 aliphatic carbocycles. The third kappa shape index (κ3) is 1.56. The van der Waals surface area contributed by atoms with E-state index >= 15 is 0 Å². The van der Waals surface area contributed by atoms with E-state index in [0.717, 1.165) is 32.6 Å². The molecule has 0 radical (unpaired) electrons. The molecule has 2 atom stereocenters. The number of amides is 1. The summed E-state index contributed by atoms with van der Waals surface area (Å²) in [5.41, 5.74) is 0.704. The summed E-state index contributed by atoms with van der Waals surface area (Å²) in [6.07, 6.45) is 3.55. The van der Waals surface area contributed by atoms with Crippen molar-refractivity contribution >= 4 is 5.91 Å². The summed E-state index contributed by atoms with van der Waals surface area (Å²) in [5, 5.41) is 3.44. The second-order valence-electron chi connectivity index (χ2n) is 6.68. The first-order valence-corrected chi connectivity index (χ1v) is 6.52. The van der Waals surface area contributed by atoms with E-state index in [1.807, 2.05) is 0 Å². The van der Waals surface area contributed by atoms with Crippen molar-refractivity contribution < 1.29 is 4.79 Å². The fourth-order valence-corrected chi connectivity index (χ4v) is 3.38. The Hall–Kier alpha value is -0.570. The largest absolute Gasteiger partial charge is 0.342 e. The minimum absolute atomic E-state index is 0.279. The zero-order valence-corrected chi connectivity index (χ0v) is 10.4. The molecule has 3 fully saturated rings. The summed E-state index contributed by atoms with van der Waals surface area (Å²) in [6.45, 7) is 8.66. The van der Waals surface area contributed by atoms with Gasteiger partial charge in [-0.15, -0.1) is 0 Å². The maximum atomic E-state index is 12.3. The quantitative estimate of drug-likeness (QED) is 0.724. The molecular weight excluding hydrogens is 200 g/mol. The van der Waals surface area contributed by atoms with Gasteiger partial charge in [-0.2, -0.15) is 0 Å². The van der Waals surface area contributed by atoms with E-state index in [0.29, 0.717) is 17.2 Å². The van der Waals surface area contributed by atoms with Crippen LogP contribution >= 0.6 is 0 Å². The third-order valence-corrected chi connectivity index (χ3v) is 4.89. The number of nitrogens with one attached hydrogen (secondary N) is 1. The van der Waals surface area contributed by atoms with Crippen molar-refractivity contribution in [2.75, 3.05) is 26.2 Å². The number of hydrogen-bond donors (Lipinski definition) is 1. The predicted molar refractivity (Wildman–Crippen MR) is 63.0 cm³/mol. The van der Waals surface area contributed by atoms with Gasteiger partial charge in [0.15, 0.2) is 0 Å². The Labute approximate surface area is 97.6 Å². The van der Waals surface area contributed by atoms with E-state index in [9.17, 15) is 4.79 Å². The normalized spacial score (nSPS) is 40.6. The van der Waals surface area contributed by atoms with E-state index in [1.165, 1.54) is 12.8 Å². The highest BCUT2D eigenvalue weighted by Gasteiger charge is 2.53. The van der Waals surface area contributed by atoms with Crippen molar-refractivity contribution in [3.63, 3.8) is 0 Å². The van der Waals surface area contributed by atoms with Gasteiger partial charge < -0.3 is 10.2 Å². The van der Waals surface area contributed by atoms with Gasteiger partial charge in [0.25, 0.3) is 0 Å². The van der Waals surface area contributed by atoms with Gasteiger partial charge in [0.1, 0.15) is 0 Å². The molecular formula is C13H22N2O.